The summed E-state index contributed by atoms with van der Waals surface area (Å²) >= 11 is 0. The number of hydrogen-bond donors (Lipinski definition) is 0. The zero-order chi connectivity index (χ0) is 23.7. The average Bonchev–Trinajstić information content (AvgIpc) is 2.93. The van der Waals surface area contributed by atoms with Crippen LogP contribution < -0.4 is 20.0 Å². The Morgan fingerprint density at radius 3 is 1.54 bits per heavy atom. The third-order valence-corrected chi connectivity index (χ3v) is 10.8. The number of benzene rings is 6. The predicted octanol–water partition coefficient (Wildman–Crippen LogP) is 6.35. The molecule has 0 fully saturated rings. The number of aryl methyl sites for hydroxylation is 1. The number of rotatable bonds is 5. The molecule has 6 aromatic carbocycles. The third-order valence-electron chi connectivity index (χ3n) is 6.84. The topological polar surface area (TPSA) is 9.23 Å². The second kappa shape index (κ2) is 8.90. The van der Waals surface area contributed by atoms with E-state index in [0.717, 1.165) is 11.1 Å². The lowest BCUT2D eigenvalue weighted by Gasteiger charge is -2.34. The lowest BCUT2D eigenvalue weighted by Crippen LogP contribution is -2.71. The molecule has 0 bridgehead atoms. The van der Waals surface area contributed by atoms with Gasteiger partial charge in [0.2, 0.25) is 0 Å². The Balaban J connectivity index is 1.75. The molecule has 6 aromatic rings. The highest BCUT2D eigenvalue weighted by molar-refractivity contribution is 7.07. The second-order valence-corrected chi connectivity index (χ2v) is 12.3. The molecular weight excluding hydrogens is 440 g/mol. The molecule has 168 valence electrons. The van der Waals surface area contributed by atoms with Gasteiger partial charge in [0.15, 0.2) is 0 Å². The van der Waals surface area contributed by atoms with E-state index in [2.05, 4.69) is 146 Å². The summed E-state index contributed by atoms with van der Waals surface area (Å²) in [5, 5.41) is 8.42. The van der Waals surface area contributed by atoms with Crippen molar-refractivity contribution >= 4 is 45.4 Å². The summed E-state index contributed by atoms with van der Waals surface area (Å²) < 4.78 is 7.61. The standard InChI is InChI=1S/C33H26OSi/c1-25-14-13-16-27-24-26-15-11-12-23-31(26)33(32(25)27)34-35(28-17-5-2-6-18-28,29-19-7-3-8-20-29)30-21-9-4-10-22-30/h2-24H,1H3. The van der Waals surface area contributed by atoms with Crippen molar-refractivity contribution in [3.8, 4) is 5.75 Å². The summed E-state index contributed by atoms with van der Waals surface area (Å²) in [6.07, 6.45) is 0. The SMILES string of the molecule is Cc1cccc2cc3ccccc3c(O[Si](c3ccccc3)(c3ccccc3)c3ccccc3)c12. The van der Waals surface area contributed by atoms with E-state index in [1.54, 1.807) is 0 Å². The van der Waals surface area contributed by atoms with Gasteiger partial charge in [-0.3, -0.25) is 0 Å². The van der Waals surface area contributed by atoms with Gasteiger partial charge in [-0.05, 0) is 44.9 Å². The summed E-state index contributed by atoms with van der Waals surface area (Å²) in [5.41, 5.74) is 1.22. The molecule has 0 aliphatic heterocycles. The van der Waals surface area contributed by atoms with E-state index in [1.165, 1.54) is 37.3 Å². The van der Waals surface area contributed by atoms with Crippen LogP contribution in [-0.4, -0.2) is 8.32 Å². The van der Waals surface area contributed by atoms with Crippen molar-refractivity contribution in [3.63, 3.8) is 0 Å². The maximum atomic E-state index is 7.61. The van der Waals surface area contributed by atoms with Crippen molar-refractivity contribution in [2.45, 2.75) is 6.92 Å². The fourth-order valence-electron chi connectivity index (χ4n) is 5.21. The van der Waals surface area contributed by atoms with Gasteiger partial charge in [0.25, 0.3) is 0 Å². The molecule has 0 N–H and O–H groups in total. The Labute approximate surface area is 207 Å². The van der Waals surface area contributed by atoms with E-state index >= 15 is 0 Å². The minimum atomic E-state index is -2.92. The minimum Gasteiger partial charge on any atom is -0.529 e. The number of hydrogen-bond acceptors (Lipinski definition) is 1. The van der Waals surface area contributed by atoms with Crippen molar-refractivity contribution in [3.05, 3.63) is 145 Å². The fourth-order valence-corrected chi connectivity index (χ4v) is 9.06. The quantitative estimate of drug-likeness (QED) is 0.163. The van der Waals surface area contributed by atoms with Crippen LogP contribution in [0.3, 0.4) is 0 Å². The van der Waals surface area contributed by atoms with E-state index in [4.69, 9.17) is 4.43 Å². The van der Waals surface area contributed by atoms with Crippen LogP contribution in [0.5, 0.6) is 5.75 Å². The maximum Gasteiger partial charge on any atom is 0.346 e. The van der Waals surface area contributed by atoms with Crippen LogP contribution in [0, 0.1) is 6.92 Å². The zero-order valence-corrected chi connectivity index (χ0v) is 20.7. The Kier molecular flexibility index (Phi) is 5.44. The van der Waals surface area contributed by atoms with Gasteiger partial charge in [0, 0.05) is 10.8 Å². The molecule has 0 amide bonds. The molecule has 0 saturated carbocycles. The normalized spacial score (nSPS) is 11.6. The molecule has 0 unspecified atom stereocenters. The van der Waals surface area contributed by atoms with Gasteiger partial charge in [-0.15, -0.1) is 0 Å². The Bertz CT molecular complexity index is 1510. The van der Waals surface area contributed by atoms with Crippen LogP contribution in [0.1, 0.15) is 5.56 Å². The van der Waals surface area contributed by atoms with Crippen molar-refractivity contribution in [1.29, 1.82) is 0 Å². The molecular formula is C33H26OSi. The summed E-state index contributed by atoms with van der Waals surface area (Å²) in [6.45, 7) is 2.18. The van der Waals surface area contributed by atoms with Gasteiger partial charge in [-0.25, -0.2) is 0 Å². The summed E-state index contributed by atoms with van der Waals surface area (Å²) in [5.74, 6) is 0.972. The molecule has 0 heterocycles. The minimum absolute atomic E-state index is 0.972. The molecule has 0 radical (unpaired) electrons. The first kappa shape index (κ1) is 21.4. The monoisotopic (exact) mass is 466 g/mol. The lowest BCUT2D eigenvalue weighted by molar-refractivity contribution is 0.590. The molecule has 2 heteroatoms. The Hall–Kier alpha value is -4.14. The molecule has 0 saturated heterocycles. The highest BCUT2D eigenvalue weighted by atomic mass is 28.4. The van der Waals surface area contributed by atoms with E-state index in [0.29, 0.717) is 0 Å². The van der Waals surface area contributed by atoms with E-state index in [-0.39, 0.29) is 0 Å². The van der Waals surface area contributed by atoms with Crippen molar-refractivity contribution in [2.75, 3.05) is 0 Å². The second-order valence-electron chi connectivity index (χ2n) is 8.98. The van der Waals surface area contributed by atoms with Gasteiger partial charge >= 0.3 is 8.32 Å². The van der Waals surface area contributed by atoms with Gasteiger partial charge in [-0.2, -0.15) is 0 Å². The summed E-state index contributed by atoms with van der Waals surface area (Å²) in [7, 11) is -2.92. The van der Waals surface area contributed by atoms with Crippen LogP contribution >= 0.6 is 0 Å². The summed E-state index contributed by atoms with van der Waals surface area (Å²) in [4.78, 5) is 0. The van der Waals surface area contributed by atoms with E-state index in [1.807, 2.05) is 0 Å². The van der Waals surface area contributed by atoms with Gasteiger partial charge in [-0.1, -0.05) is 133 Å². The molecule has 0 aliphatic carbocycles. The van der Waals surface area contributed by atoms with E-state index < -0.39 is 8.32 Å². The molecule has 0 aromatic heterocycles. The molecule has 0 spiro atoms. The fraction of sp³-hybridized carbons (Fsp3) is 0.0303. The predicted molar refractivity (Wildman–Crippen MR) is 151 cm³/mol. The highest BCUT2D eigenvalue weighted by Gasteiger charge is 2.44. The molecule has 1 nitrogen and oxygen atoms in total. The first-order valence-corrected chi connectivity index (χ1v) is 13.9. The third kappa shape index (κ3) is 3.63. The first-order valence-electron chi connectivity index (χ1n) is 12.0. The largest absolute Gasteiger partial charge is 0.529 e. The molecule has 35 heavy (non-hydrogen) atoms. The molecule has 6 rings (SSSR count). The summed E-state index contributed by atoms with van der Waals surface area (Å²) in [6, 6.07) is 49.7. The number of fused-ring (bicyclic) bond motifs is 2. The average molecular weight is 467 g/mol. The van der Waals surface area contributed by atoms with Crippen LogP contribution in [0.2, 0.25) is 0 Å². The van der Waals surface area contributed by atoms with Gasteiger partial charge < -0.3 is 4.43 Å². The van der Waals surface area contributed by atoms with Crippen molar-refractivity contribution < 1.29 is 4.43 Å². The van der Waals surface area contributed by atoms with Crippen LogP contribution in [0.15, 0.2) is 140 Å². The maximum absolute atomic E-state index is 7.61. The van der Waals surface area contributed by atoms with Crippen molar-refractivity contribution in [1.82, 2.24) is 0 Å². The van der Waals surface area contributed by atoms with Crippen LogP contribution in [0.4, 0.5) is 0 Å². The Morgan fingerprint density at radius 1 is 0.486 bits per heavy atom. The van der Waals surface area contributed by atoms with Gasteiger partial charge in [0.05, 0.1) is 0 Å². The zero-order valence-electron chi connectivity index (χ0n) is 19.7. The Morgan fingerprint density at radius 2 is 0.971 bits per heavy atom. The lowest BCUT2D eigenvalue weighted by atomic mass is 9.99. The smallest absolute Gasteiger partial charge is 0.346 e. The van der Waals surface area contributed by atoms with Crippen LogP contribution in [-0.2, 0) is 0 Å². The van der Waals surface area contributed by atoms with Crippen molar-refractivity contribution in [2.24, 2.45) is 0 Å². The molecule has 0 atom stereocenters. The van der Waals surface area contributed by atoms with E-state index in [9.17, 15) is 0 Å². The molecule has 0 aliphatic rings. The first-order chi connectivity index (χ1) is 17.3. The van der Waals surface area contributed by atoms with Gasteiger partial charge in [0.1, 0.15) is 5.75 Å². The van der Waals surface area contributed by atoms with Crippen LogP contribution in [0.25, 0.3) is 21.5 Å². The highest BCUT2D eigenvalue weighted by Crippen LogP contribution is 2.38.